The molecule has 0 aliphatic heterocycles. The van der Waals surface area contributed by atoms with Crippen LogP contribution >= 0.6 is 0 Å². The maximum absolute atomic E-state index is 13.7. The van der Waals surface area contributed by atoms with Crippen molar-refractivity contribution in [3.63, 3.8) is 0 Å². The number of hydrogen-bond donors (Lipinski definition) is 1. The molecule has 2 aliphatic carbocycles. The first kappa shape index (κ1) is 14.8. The Balaban J connectivity index is 1.73. The van der Waals surface area contributed by atoms with E-state index < -0.39 is 0 Å². The van der Waals surface area contributed by atoms with Gasteiger partial charge in [0.05, 0.1) is 0 Å². The van der Waals surface area contributed by atoms with Gasteiger partial charge in [0.2, 0.25) is 0 Å². The highest BCUT2D eigenvalue weighted by Crippen LogP contribution is 2.53. The zero-order valence-electron chi connectivity index (χ0n) is 13.1. The molecule has 2 atom stereocenters. The minimum atomic E-state index is -0.173. The quantitative estimate of drug-likeness (QED) is 0.897. The van der Waals surface area contributed by atoms with Gasteiger partial charge in [0, 0.05) is 23.9 Å². The molecule has 1 N–H and O–H groups in total. The molecule has 2 nitrogen and oxygen atoms in total. The smallest absolute Gasteiger partial charge is 0.129 e. The number of aryl methyl sites for hydroxylation is 1. The fourth-order valence-electron chi connectivity index (χ4n) is 4.14. The zero-order chi connectivity index (χ0) is 14.9. The lowest BCUT2D eigenvalue weighted by atomic mass is 9.55. The molecule has 1 aromatic rings. The summed E-state index contributed by atoms with van der Waals surface area (Å²) in [6.45, 7) is 4.96. The van der Waals surface area contributed by atoms with Crippen molar-refractivity contribution in [1.29, 1.82) is 0 Å². The van der Waals surface area contributed by atoms with E-state index in [1.807, 2.05) is 6.07 Å². The van der Waals surface area contributed by atoms with Crippen LogP contribution in [0.25, 0.3) is 0 Å². The summed E-state index contributed by atoms with van der Waals surface area (Å²) >= 11 is 0. The lowest BCUT2D eigenvalue weighted by molar-refractivity contribution is -0.102. The molecule has 3 heteroatoms. The molecule has 0 heterocycles. The van der Waals surface area contributed by atoms with Crippen LogP contribution in [-0.2, 0) is 0 Å². The van der Waals surface area contributed by atoms with Gasteiger partial charge < -0.3 is 10.1 Å². The van der Waals surface area contributed by atoms with E-state index in [9.17, 15) is 4.39 Å². The van der Waals surface area contributed by atoms with Crippen molar-refractivity contribution in [2.24, 2.45) is 5.41 Å². The van der Waals surface area contributed by atoms with Crippen molar-refractivity contribution >= 4 is 0 Å². The van der Waals surface area contributed by atoms with Gasteiger partial charge >= 0.3 is 0 Å². The van der Waals surface area contributed by atoms with Crippen molar-refractivity contribution in [1.82, 2.24) is 5.32 Å². The predicted octanol–water partition coefficient (Wildman–Crippen LogP) is 4.21. The van der Waals surface area contributed by atoms with Crippen LogP contribution in [0.15, 0.2) is 18.2 Å². The monoisotopic (exact) mass is 291 g/mol. The molecular formula is C18H26FNO. The number of benzene rings is 1. The number of rotatable bonds is 4. The van der Waals surface area contributed by atoms with Gasteiger partial charge in [-0.2, -0.15) is 0 Å². The van der Waals surface area contributed by atoms with Gasteiger partial charge in [-0.25, -0.2) is 4.39 Å². The topological polar surface area (TPSA) is 21.3 Å². The molecule has 0 bridgehead atoms. The normalized spacial score (nSPS) is 27.4. The molecule has 0 amide bonds. The molecule has 2 fully saturated rings. The average Bonchev–Trinajstić information content (AvgIpc) is 2.50. The van der Waals surface area contributed by atoms with Gasteiger partial charge in [-0.05, 0) is 37.9 Å². The number of nitrogens with one attached hydrogen (secondary N) is 1. The summed E-state index contributed by atoms with van der Waals surface area (Å²) in [5.41, 5.74) is 0.948. The minimum absolute atomic E-state index is 0.173. The van der Waals surface area contributed by atoms with Gasteiger partial charge in [-0.3, -0.25) is 0 Å². The Labute approximate surface area is 127 Å². The second kappa shape index (κ2) is 5.96. The molecular weight excluding hydrogens is 265 g/mol. The Bertz CT molecular complexity index is 496. The first-order chi connectivity index (χ1) is 10.2. The van der Waals surface area contributed by atoms with Crippen LogP contribution < -0.4 is 10.1 Å². The number of halogens is 1. The molecule has 2 unspecified atom stereocenters. The molecule has 0 radical (unpaired) electrons. The van der Waals surface area contributed by atoms with Crippen LogP contribution in [0.2, 0.25) is 0 Å². The molecule has 1 spiro atoms. The van der Waals surface area contributed by atoms with Crippen molar-refractivity contribution in [2.75, 3.05) is 6.54 Å². The first-order valence-corrected chi connectivity index (χ1v) is 8.32. The molecule has 116 valence electrons. The fourth-order valence-corrected chi connectivity index (χ4v) is 4.14. The highest BCUT2D eigenvalue weighted by Gasteiger charge is 2.56. The van der Waals surface area contributed by atoms with E-state index in [0.717, 1.165) is 13.0 Å². The second-order valence-corrected chi connectivity index (χ2v) is 6.66. The molecule has 2 aliphatic rings. The molecule has 21 heavy (non-hydrogen) atoms. The third-order valence-corrected chi connectivity index (χ3v) is 5.44. The summed E-state index contributed by atoms with van der Waals surface area (Å²) in [6.07, 6.45) is 7.70. The van der Waals surface area contributed by atoms with Gasteiger partial charge in [0.1, 0.15) is 17.7 Å². The lowest BCUT2D eigenvalue weighted by Crippen LogP contribution is -2.65. The molecule has 3 rings (SSSR count). The van der Waals surface area contributed by atoms with E-state index in [0.29, 0.717) is 17.4 Å². The van der Waals surface area contributed by atoms with Crippen LogP contribution in [0.1, 0.15) is 51.0 Å². The first-order valence-electron chi connectivity index (χ1n) is 8.32. The maximum Gasteiger partial charge on any atom is 0.129 e. The van der Waals surface area contributed by atoms with Crippen LogP contribution in [0.4, 0.5) is 4.39 Å². The number of hydrogen-bond acceptors (Lipinski definition) is 2. The lowest BCUT2D eigenvalue weighted by Gasteiger charge is -2.57. The molecule has 0 aromatic heterocycles. The Morgan fingerprint density at radius 2 is 2.05 bits per heavy atom. The molecule has 0 saturated heterocycles. The molecule has 1 aromatic carbocycles. The predicted molar refractivity (Wildman–Crippen MR) is 83.2 cm³/mol. The summed E-state index contributed by atoms with van der Waals surface area (Å²) < 4.78 is 19.9. The van der Waals surface area contributed by atoms with Crippen molar-refractivity contribution in [3.8, 4) is 5.75 Å². The Hall–Kier alpha value is -1.09. The number of ether oxygens (including phenoxy) is 1. The average molecular weight is 291 g/mol. The van der Waals surface area contributed by atoms with E-state index in [-0.39, 0.29) is 17.3 Å². The third kappa shape index (κ3) is 2.68. The van der Waals surface area contributed by atoms with Gasteiger partial charge in [0.15, 0.2) is 0 Å². The van der Waals surface area contributed by atoms with Crippen LogP contribution in [0.5, 0.6) is 5.75 Å². The summed E-state index contributed by atoms with van der Waals surface area (Å²) in [7, 11) is 0. The van der Waals surface area contributed by atoms with E-state index in [1.54, 1.807) is 13.0 Å². The van der Waals surface area contributed by atoms with Crippen molar-refractivity contribution in [3.05, 3.63) is 29.6 Å². The van der Waals surface area contributed by atoms with Gasteiger partial charge in [-0.15, -0.1) is 0 Å². The van der Waals surface area contributed by atoms with Crippen LogP contribution in [0, 0.1) is 18.2 Å². The zero-order valence-corrected chi connectivity index (χ0v) is 13.1. The summed E-state index contributed by atoms with van der Waals surface area (Å²) in [4.78, 5) is 0. The third-order valence-electron chi connectivity index (χ3n) is 5.44. The van der Waals surface area contributed by atoms with E-state index in [4.69, 9.17) is 4.74 Å². The SMILES string of the molecule is CCNC1CC(Oc2ccc(C)c(F)c2)C12CCCCC2. The highest BCUT2D eigenvalue weighted by atomic mass is 19.1. The van der Waals surface area contributed by atoms with E-state index in [1.165, 1.54) is 38.2 Å². The Kier molecular flexibility index (Phi) is 4.21. The van der Waals surface area contributed by atoms with Crippen molar-refractivity contribution in [2.45, 2.75) is 64.5 Å². The second-order valence-electron chi connectivity index (χ2n) is 6.66. The Morgan fingerprint density at radius 3 is 2.71 bits per heavy atom. The largest absolute Gasteiger partial charge is 0.490 e. The van der Waals surface area contributed by atoms with E-state index >= 15 is 0 Å². The summed E-state index contributed by atoms with van der Waals surface area (Å²) in [5, 5.41) is 3.62. The van der Waals surface area contributed by atoms with Gasteiger partial charge in [-0.1, -0.05) is 32.3 Å². The highest BCUT2D eigenvalue weighted by molar-refractivity contribution is 5.29. The summed E-state index contributed by atoms with van der Waals surface area (Å²) in [5.74, 6) is 0.510. The van der Waals surface area contributed by atoms with Crippen molar-refractivity contribution < 1.29 is 9.13 Å². The van der Waals surface area contributed by atoms with E-state index in [2.05, 4.69) is 12.2 Å². The minimum Gasteiger partial charge on any atom is -0.490 e. The standard InChI is InChI=1S/C18H26FNO/c1-3-20-16-12-17(18(16)9-5-4-6-10-18)21-14-8-7-13(2)15(19)11-14/h7-8,11,16-17,20H,3-6,9-10,12H2,1-2H3. The summed E-state index contributed by atoms with van der Waals surface area (Å²) in [6, 6.07) is 5.81. The fraction of sp³-hybridized carbons (Fsp3) is 0.667. The Morgan fingerprint density at radius 1 is 1.29 bits per heavy atom. The molecule has 2 saturated carbocycles. The van der Waals surface area contributed by atoms with Crippen LogP contribution in [0.3, 0.4) is 0 Å². The maximum atomic E-state index is 13.7. The van der Waals surface area contributed by atoms with Crippen LogP contribution in [-0.4, -0.2) is 18.7 Å². The van der Waals surface area contributed by atoms with Gasteiger partial charge in [0.25, 0.3) is 0 Å².